The molecule has 0 radical (unpaired) electrons. The lowest BCUT2D eigenvalue weighted by molar-refractivity contribution is 0.102. The van der Waals surface area contributed by atoms with E-state index in [4.69, 9.17) is 4.52 Å². The van der Waals surface area contributed by atoms with E-state index < -0.39 is 0 Å². The number of thiazole rings is 1. The van der Waals surface area contributed by atoms with Crippen LogP contribution >= 0.6 is 23.1 Å². The molecule has 0 atom stereocenters. The number of aryl methyl sites for hydroxylation is 2. The molecule has 4 aromatic rings. The van der Waals surface area contributed by atoms with Crippen molar-refractivity contribution in [2.75, 3.05) is 5.32 Å². The van der Waals surface area contributed by atoms with E-state index in [9.17, 15) is 4.79 Å². The van der Waals surface area contributed by atoms with E-state index in [-0.39, 0.29) is 5.91 Å². The van der Waals surface area contributed by atoms with E-state index in [2.05, 4.69) is 15.5 Å². The summed E-state index contributed by atoms with van der Waals surface area (Å²) in [5.74, 6) is 1.28. The Morgan fingerprint density at radius 1 is 1.14 bits per heavy atom. The molecule has 0 aliphatic rings. The number of aromatic nitrogens is 2. The van der Waals surface area contributed by atoms with Crippen LogP contribution in [0.15, 0.2) is 69.4 Å². The zero-order valence-corrected chi connectivity index (χ0v) is 17.6. The Bertz CT molecular complexity index is 1150. The van der Waals surface area contributed by atoms with Crippen molar-refractivity contribution in [1.29, 1.82) is 0 Å². The van der Waals surface area contributed by atoms with Crippen LogP contribution in [-0.2, 0) is 5.75 Å². The highest BCUT2D eigenvalue weighted by Crippen LogP contribution is 2.28. The van der Waals surface area contributed by atoms with Crippen LogP contribution in [0.4, 0.5) is 5.69 Å². The number of thioether (sulfide) groups is 1. The number of nitrogens with one attached hydrogen (secondary N) is 1. The Labute approximate surface area is 177 Å². The van der Waals surface area contributed by atoms with E-state index in [1.54, 1.807) is 23.1 Å². The molecule has 5 nitrogen and oxygen atoms in total. The monoisotopic (exact) mass is 421 g/mol. The van der Waals surface area contributed by atoms with E-state index in [1.807, 2.05) is 73.8 Å². The van der Waals surface area contributed by atoms with Crippen LogP contribution in [0, 0.1) is 13.8 Å². The maximum absolute atomic E-state index is 12.9. The second-order valence-corrected chi connectivity index (χ2v) is 8.58. The molecule has 1 N–H and O–H groups in total. The maximum atomic E-state index is 12.9. The van der Waals surface area contributed by atoms with Gasteiger partial charge in [0.1, 0.15) is 5.76 Å². The molecular formula is C22H19N3O2S2. The van der Waals surface area contributed by atoms with Gasteiger partial charge in [-0.2, -0.15) is 0 Å². The van der Waals surface area contributed by atoms with E-state index >= 15 is 0 Å². The predicted molar refractivity (Wildman–Crippen MR) is 117 cm³/mol. The number of carbonyl (C=O) groups is 1. The second kappa shape index (κ2) is 8.63. The van der Waals surface area contributed by atoms with E-state index in [0.717, 1.165) is 38.3 Å². The highest BCUT2D eigenvalue weighted by molar-refractivity contribution is 7.98. The smallest absolute Gasteiger partial charge is 0.256 e. The van der Waals surface area contributed by atoms with Crippen molar-refractivity contribution in [2.45, 2.75) is 24.5 Å². The molecule has 0 saturated carbocycles. The number of carbonyl (C=O) groups excluding carboxylic acids is 1. The fraction of sp³-hybridized carbons (Fsp3) is 0.136. The molecule has 2 aromatic heterocycles. The third-order valence-electron chi connectivity index (χ3n) is 4.22. The summed E-state index contributed by atoms with van der Waals surface area (Å²) in [4.78, 5) is 18.3. The van der Waals surface area contributed by atoms with Crippen molar-refractivity contribution in [3.8, 4) is 11.3 Å². The van der Waals surface area contributed by atoms with Crippen LogP contribution in [0.3, 0.4) is 0 Å². The molecule has 0 saturated heterocycles. The zero-order valence-electron chi connectivity index (χ0n) is 16.0. The zero-order chi connectivity index (χ0) is 20.2. The van der Waals surface area contributed by atoms with Crippen LogP contribution in [0.5, 0.6) is 0 Å². The summed E-state index contributed by atoms with van der Waals surface area (Å²) in [6.45, 7) is 3.85. The van der Waals surface area contributed by atoms with E-state index in [1.165, 1.54) is 0 Å². The first kappa shape index (κ1) is 19.4. The lowest BCUT2D eigenvalue weighted by Crippen LogP contribution is -2.13. The predicted octanol–water partition coefficient (Wildman–Crippen LogP) is 5.96. The Kier molecular flexibility index (Phi) is 5.78. The largest absolute Gasteiger partial charge is 0.361 e. The van der Waals surface area contributed by atoms with Crippen LogP contribution < -0.4 is 5.32 Å². The first-order valence-electron chi connectivity index (χ1n) is 9.06. The van der Waals surface area contributed by atoms with Gasteiger partial charge in [-0.25, -0.2) is 4.98 Å². The van der Waals surface area contributed by atoms with Gasteiger partial charge in [0.2, 0.25) is 0 Å². The summed E-state index contributed by atoms with van der Waals surface area (Å²) >= 11 is 3.17. The Balaban J connectivity index is 1.50. The van der Waals surface area contributed by atoms with Crippen molar-refractivity contribution in [3.63, 3.8) is 0 Å². The van der Waals surface area contributed by atoms with Gasteiger partial charge in [0.05, 0.1) is 22.0 Å². The topological polar surface area (TPSA) is 68.0 Å². The Hall–Kier alpha value is -2.90. The summed E-state index contributed by atoms with van der Waals surface area (Å²) < 4.78 is 5.11. The standard InChI is InChI=1S/C22H19N3O2S2/c1-14-10-18(25-27-14)12-29-21-9-4-3-8-19(21)22(26)24-17-7-5-6-16(11-17)20-13-28-15(2)23-20/h3-11,13H,12H2,1-2H3,(H,24,26). The summed E-state index contributed by atoms with van der Waals surface area (Å²) in [6.07, 6.45) is 0. The lowest BCUT2D eigenvalue weighted by Gasteiger charge is -2.10. The number of nitrogens with zero attached hydrogens (tertiary/aromatic N) is 2. The molecule has 1 amide bonds. The number of rotatable bonds is 6. The molecule has 7 heteroatoms. The van der Waals surface area contributed by atoms with Gasteiger partial charge in [0.15, 0.2) is 0 Å². The molecule has 0 bridgehead atoms. The second-order valence-electron chi connectivity index (χ2n) is 6.50. The van der Waals surface area contributed by atoms with Gasteiger partial charge >= 0.3 is 0 Å². The first-order valence-corrected chi connectivity index (χ1v) is 10.9. The summed E-state index contributed by atoms with van der Waals surface area (Å²) in [6, 6.07) is 17.2. The minimum atomic E-state index is -0.143. The summed E-state index contributed by atoms with van der Waals surface area (Å²) in [5, 5.41) is 10.1. The molecule has 0 aliphatic heterocycles. The van der Waals surface area contributed by atoms with Gasteiger partial charge < -0.3 is 9.84 Å². The summed E-state index contributed by atoms with van der Waals surface area (Å²) in [5.41, 5.74) is 4.13. The minimum absolute atomic E-state index is 0.143. The number of anilines is 1. The van der Waals surface area contributed by atoms with Crippen molar-refractivity contribution < 1.29 is 9.32 Å². The van der Waals surface area contributed by atoms with Crippen molar-refractivity contribution in [2.24, 2.45) is 0 Å². The number of hydrogen-bond donors (Lipinski definition) is 1. The lowest BCUT2D eigenvalue weighted by atomic mass is 10.1. The molecular weight excluding hydrogens is 402 g/mol. The number of benzene rings is 2. The van der Waals surface area contributed by atoms with Crippen LogP contribution in [0.1, 0.15) is 26.8 Å². The minimum Gasteiger partial charge on any atom is -0.361 e. The van der Waals surface area contributed by atoms with E-state index in [0.29, 0.717) is 11.3 Å². The van der Waals surface area contributed by atoms with Crippen molar-refractivity contribution in [1.82, 2.24) is 10.1 Å². The fourth-order valence-corrected chi connectivity index (χ4v) is 4.42. The van der Waals surface area contributed by atoms with Crippen LogP contribution in [-0.4, -0.2) is 16.0 Å². The Morgan fingerprint density at radius 2 is 2.00 bits per heavy atom. The third kappa shape index (κ3) is 4.75. The fourth-order valence-electron chi connectivity index (χ4n) is 2.87. The molecule has 29 heavy (non-hydrogen) atoms. The van der Waals surface area contributed by atoms with Crippen molar-refractivity contribution >= 4 is 34.7 Å². The SMILES string of the molecule is Cc1cc(CSc2ccccc2C(=O)Nc2cccc(-c3csc(C)n3)c2)no1. The quantitative estimate of drug-likeness (QED) is 0.389. The molecule has 0 unspecified atom stereocenters. The first-order chi connectivity index (χ1) is 14.1. The van der Waals surface area contributed by atoms with Gasteiger partial charge in [-0.3, -0.25) is 4.79 Å². The number of amides is 1. The van der Waals surface area contributed by atoms with Gasteiger partial charge in [-0.15, -0.1) is 23.1 Å². The molecule has 0 spiro atoms. The Morgan fingerprint density at radius 3 is 2.76 bits per heavy atom. The number of hydrogen-bond acceptors (Lipinski definition) is 6. The molecule has 0 aliphatic carbocycles. The van der Waals surface area contributed by atoms with Gasteiger partial charge in [-0.1, -0.05) is 29.4 Å². The van der Waals surface area contributed by atoms with Crippen LogP contribution in [0.25, 0.3) is 11.3 Å². The molecule has 0 fully saturated rings. The maximum Gasteiger partial charge on any atom is 0.256 e. The van der Waals surface area contributed by atoms with Gasteiger partial charge in [-0.05, 0) is 38.1 Å². The normalized spacial score (nSPS) is 10.8. The molecule has 146 valence electrons. The van der Waals surface area contributed by atoms with Crippen LogP contribution in [0.2, 0.25) is 0 Å². The average Bonchev–Trinajstić information content (AvgIpc) is 3.35. The molecule has 2 heterocycles. The highest BCUT2D eigenvalue weighted by atomic mass is 32.2. The molecule has 2 aromatic carbocycles. The summed E-state index contributed by atoms with van der Waals surface area (Å²) in [7, 11) is 0. The van der Waals surface area contributed by atoms with Gasteiger partial charge in [0, 0.05) is 33.3 Å². The average molecular weight is 422 g/mol. The molecule has 4 rings (SSSR count). The van der Waals surface area contributed by atoms with Gasteiger partial charge in [0.25, 0.3) is 5.91 Å². The highest BCUT2D eigenvalue weighted by Gasteiger charge is 2.13. The van der Waals surface area contributed by atoms with Crippen molar-refractivity contribution in [3.05, 3.63) is 82.0 Å². The third-order valence-corrected chi connectivity index (χ3v) is 6.10.